The van der Waals surface area contributed by atoms with Gasteiger partial charge in [-0.15, -0.1) is 11.3 Å². The molecule has 0 spiro atoms. The lowest BCUT2D eigenvalue weighted by Gasteiger charge is -2.36. The smallest absolute Gasteiger partial charge is 0.152 e. The van der Waals surface area contributed by atoms with E-state index in [1.165, 1.54) is 4.88 Å². The fourth-order valence-electron chi connectivity index (χ4n) is 2.26. The number of halogens is 1. The Kier molecular flexibility index (Phi) is 4.48. The van der Waals surface area contributed by atoms with Crippen LogP contribution in [0.1, 0.15) is 17.8 Å². The second-order valence-corrected chi connectivity index (χ2v) is 8.82. The fraction of sp³-hybridized carbons (Fsp3) is 0.636. The molecule has 2 rings (SSSR count). The molecular weight excluding hydrogens is 336 g/mol. The van der Waals surface area contributed by atoms with Crippen LogP contribution in [0.15, 0.2) is 15.9 Å². The normalized spacial score (nSPS) is 23.7. The number of hydrogen-bond donors (Lipinski definition) is 1. The predicted octanol–water partition coefficient (Wildman–Crippen LogP) is 1.63. The number of hydrogen-bond acceptors (Lipinski definition) is 5. The van der Waals surface area contributed by atoms with Gasteiger partial charge in [0.1, 0.15) is 0 Å². The summed E-state index contributed by atoms with van der Waals surface area (Å²) in [4.78, 5) is 3.38. The Hall–Kier alpha value is 0.0500. The average Bonchev–Trinajstić information content (AvgIpc) is 2.67. The highest BCUT2D eigenvalue weighted by atomic mass is 79.9. The molecule has 1 fully saturated rings. The zero-order valence-electron chi connectivity index (χ0n) is 10.2. The lowest BCUT2D eigenvalue weighted by atomic mass is 10.1. The Morgan fingerprint density at radius 3 is 2.50 bits per heavy atom. The van der Waals surface area contributed by atoms with E-state index in [9.17, 15) is 8.42 Å². The number of sulfone groups is 1. The van der Waals surface area contributed by atoms with Crippen molar-refractivity contribution in [3.8, 4) is 0 Å². The number of rotatable bonds is 3. The Balaban J connectivity index is 2.17. The number of nitrogens with two attached hydrogens (primary N) is 1. The van der Waals surface area contributed by atoms with Crippen molar-refractivity contribution < 1.29 is 8.42 Å². The summed E-state index contributed by atoms with van der Waals surface area (Å²) in [5, 5.41) is 2.03. The topological polar surface area (TPSA) is 63.4 Å². The summed E-state index contributed by atoms with van der Waals surface area (Å²) in [6.07, 6.45) is 0. The maximum atomic E-state index is 11.5. The molecule has 4 nitrogen and oxygen atoms in total. The van der Waals surface area contributed by atoms with Gasteiger partial charge in [0.25, 0.3) is 0 Å². The van der Waals surface area contributed by atoms with E-state index in [2.05, 4.69) is 26.9 Å². The maximum Gasteiger partial charge on any atom is 0.152 e. The van der Waals surface area contributed by atoms with Gasteiger partial charge in [-0.05, 0) is 28.9 Å². The first kappa shape index (κ1) is 14.5. The van der Waals surface area contributed by atoms with E-state index in [0.29, 0.717) is 13.1 Å². The molecule has 7 heteroatoms. The molecular formula is C11H17BrN2O2S2. The molecule has 0 amide bonds. The molecule has 1 aromatic rings. The molecule has 1 aromatic heterocycles. The molecule has 0 saturated carbocycles. The molecule has 0 radical (unpaired) electrons. The minimum absolute atomic E-state index is 0.0173. The van der Waals surface area contributed by atoms with Gasteiger partial charge in [0, 0.05) is 33.9 Å². The zero-order chi connectivity index (χ0) is 13.3. The first-order valence-electron chi connectivity index (χ1n) is 5.83. The third-order valence-corrected chi connectivity index (χ3v) is 6.52. The monoisotopic (exact) mass is 352 g/mol. The molecule has 2 unspecified atom stereocenters. The van der Waals surface area contributed by atoms with Crippen LogP contribution in [0.2, 0.25) is 0 Å². The fourth-order valence-corrected chi connectivity index (χ4v) is 5.18. The largest absolute Gasteiger partial charge is 0.326 e. The molecule has 2 heterocycles. The zero-order valence-corrected chi connectivity index (χ0v) is 13.4. The lowest BCUT2D eigenvalue weighted by molar-refractivity contribution is 0.194. The molecule has 2 atom stereocenters. The van der Waals surface area contributed by atoms with E-state index in [0.717, 1.165) is 4.47 Å². The molecule has 102 valence electrons. The molecule has 18 heavy (non-hydrogen) atoms. The lowest BCUT2D eigenvalue weighted by Crippen LogP contribution is -2.47. The molecule has 1 aliphatic heterocycles. The second-order valence-electron chi connectivity index (χ2n) is 4.66. The van der Waals surface area contributed by atoms with Gasteiger partial charge in [-0.2, -0.15) is 0 Å². The minimum Gasteiger partial charge on any atom is -0.326 e. The van der Waals surface area contributed by atoms with E-state index in [1.807, 2.05) is 12.3 Å². The summed E-state index contributed by atoms with van der Waals surface area (Å²) in [7, 11) is -2.84. The minimum atomic E-state index is -2.84. The third-order valence-electron chi connectivity index (χ3n) is 3.15. The second kappa shape index (κ2) is 5.58. The molecule has 0 aliphatic carbocycles. The van der Waals surface area contributed by atoms with Crippen molar-refractivity contribution in [2.75, 3.05) is 24.6 Å². The number of thiophene rings is 1. The molecule has 0 bridgehead atoms. The molecule has 2 N–H and O–H groups in total. The van der Waals surface area contributed by atoms with Crippen molar-refractivity contribution in [3.05, 3.63) is 20.8 Å². The van der Waals surface area contributed by atoms with Crippen LogP contribution >= 0.6 is 27.3 Å². The van der Waals surface area contributed by atoms with Gasteiger partial charge in [0.2, 0.25) is 0 Å². The first-order chi connectivity index (χ1) is 8.39. The van der Waals surface area contributed by atoms with Crippen LogP contribution in [0.25, 0.3) is 0 Å². The van der Waals surface area contributed by atoms with Crippen LogP contribution < -0.4 is 5.73 Å². The summed E-state index contributed by atoms with van der Waals surface area (Å²) >= 11 is 5.11. The summed E-state index contributed by atoms with van der Waals surface area (Å²) < 4.78 is 24.0. The Bertz CT molecular complexity index is 499. The van der Waals surface area contributed by atoms with Gasteiger partial charge in [-0.3, -0.25) is 4.90 Å². The standard InChI is InChI=1S/C11H17BrN2O2S2/c1-8(13)11(10-6-9(12)7-17-10)14-2-4-18(15,16)5-3-14/h6-8,11H,2-5,13H2,1H3. The van der Waals surface area contributed by atoms with Gasteiger partial charge in [-0.1, -0.05) is 0 Å². The van der Waals surface area contributed by atoms with E-state index in [1.54, 1.807) is 11.3 Å². The van der Waals surface area contributed by atoms with Gasteiger partial charge in [0.15, 0.2) is 9.84 Å². The van der Waals surface area contributed by atoms with Crippen LogP contribution in [0.4, 0.5) is 0 Å². The highest BCUT2D eigenvalue weighted by molar-refractivity contribution is 9.10. The molecule has 1 saturated heterocycles. The Labute approximate surface area is 120 Å². The van der Waals surface area contributed by atoms with Crippen molar-refractivity contribution in [1.82, 2.24) is 4.90 Å². The third kappa shape index (κ3) is 3.33. The van der Waals surface area contributed by atoms with Crippen molar-refractivity contribution in [3.63, 3.8) is 0 Å². The van der Waals surface area contributed by atoms with Gasteiger partial charge in [0.05, 0.1) is 17.5 Å². The van der Waals surface area contributed by atoms with Crippen LogP contribution in [0, 0.1) is 0 Å². The van der Waals surface area contributed by atoms with Crippen molar-refractivity contribution >= 4 is 37.1 Å². The summed E-state index contributed by atoms with van der Waals surface area (Å²) in [6.45, 7) is 3.12. The van der Waals surface area contributed by atoms with Crippen molar-refractivity contribution in [2.45, 2.75) is 19.0 Å². The molecule has 1 aliphatic rings. The highest BCUT2D eigenvalue weighted by Gasteiger charge is 2.30. The van der Waals surface area contributed by atoms with Gasteiger partial charge >= 0.3 is 0 Å². The van der Waals surface area contributed by atoms with Gasteiger partial charge in [-0.25, -0.2) is 8.42 Å². The van der Waals surface area contributed by atoms with E-state index in [4.69, 9.17) is 5.73 Å². The van der Waals surface area contributed by atoms with E-state index >= 15 is 0 Å². The first-order valence-corrected chi connectivity index (χ1v) is 9.32. The van der Waals surface area contributed by atoms with Gasteiger partial charge < -0.3 is 5.73 Å². The Morgan fingerprint density at radius 1 is 1.44 bits per heavy atom. The summed E-state index contributed by atoms with van der Waals surface area (Å²) in [5.41, 5.74) is 6.08. The average molecular weight is 353 g/mol. The predicted molar refractivity (Wildman–Crippen MR) is 78.6 cm³/mol. The quantitative estimate of drug-likeness (QED) is 0.897. The van der Waals surface area contributed by atoms with E-state index < -0.39 is 9.84 Å². The van der Waals surface area contributed by atoms with Crippen molar-refractivity contribution in [1.29, 1.82) is 0 Å². The maximum absolute atomic E-state index is 11.5. The number of nitrogens with zero attached hydrogens (tertiary/aromatic N) is 1. The van der Waals surface area contributed by atoms with Crippen molar-refractivity contribution in [2.24, 2.45) is 5.73 Å². The summed E-state index contributed by atoms with van der Waals surface area (Å²) in [5.74, 6) is 0.478. The van der Waals surface area contributed by atoms with E-state index in [-0.39, 0.29) is 23.6 Å². The SMILES string of the molecule is CC(N)C(c1cc(Br)cs1)N1CCS(=O)(=O)CC1. The Morgan fingerprint density at radius 2 is 2.06 bits per heavy atom. The highest BCUT2D eigenvalue weighted by Crippen LogP contribution is 2.32. The van der Waals surface area contributed by atoms with Crippen LogP contribution in [0.5, 0.6) is 0 Å². The van der Waals surface area contributed by atoms with Crippen LogP contribution in [-0.4, -0.2) is 44.0 Å². The summed E-state index contributed by atoms with van der Waals surface area (Å²) in [6, 6.07) is 2.16. The van der Waals surface area contributed by atoms with Crippen LogP contribution in [-0.2, 0) is 9.84 Å². The molecule has 0 aromatic carbocycles. The van der Waals surface area contributed by atoms with Crippen LogP contribution in [0.3, 0.4) is 0 Å².